The predicted octanol–water partition coefficient (Wildman–Crippen LogP) is 3.17. The first-order valence-electron chi connectivity index (χ1n) is 8.72. The van der Waals surface area contributed by atoms with E-state index >= 15 is 0 Å². The zero-order valence-corrected chi connectivity index (χ0v) is 16.8. The summed E-state index contributed by atoms with van der Waals surface area (Å²) in [4.78, 5) is 39.2. The maximum atomic E-state index is 12.8. The van der Waals surface area contributed by atoms with Crippen LogP contribution in [0, 0.1) is 0 Å². The molecule has 0 aliphatic carbocycles. The van der Waals surface area contributed by atoms with E-state index in [-0.39, 0.29) is 24.0 Å². The van der Waals surface area contributed by atoms with Gasteiger partial charge in [0.15, 0.2) is 0 Å². The molecule has 0 atom stereocenters. The number of fused-ring (bicyclic) bond motifs is 1. The molecular formula is C21H19BrN2O4. The average Bonchev–Trinajstić information content (AvgIpc) is 2.70. The highest BCUT2D eigenvalue weighted by molar-refractivity contribution is 9.10. The smallest absolute Gasteiger partial charge is 0.307 e. The van der Waals surface area contributed by atoms with Gasteiger partial charge in [-0.05, 0) is 29.7 Å². The second kappa shape index (κ2) is 8.84. The van der Waals surface area contributed by atoms with Gasteiger partial charge in [0.25, 0.3) is 5.91 Å². The van der Waals surface area contributed by atoms with E-state index in [1.807, 2.05) is 36.4 Å². The van der Waals surface area contributed by atoms with E-state index in [0.717, 1.165) is 22.0 Å². The van der Waals surface area contributed by atoms with Crippen molar-refractivity contribution in [3.8, 4) is 0 Å². The SMILES string of the molecule is COC(=O)CCNC(=O)c1c[nH]c2cc(Cc3ccccc3)c(Br)cc2c1=O. The Morgan fingerprint density at radius 2 is 1.93 bits per heavy atom. The molecule has 0 bridgehead atoms. The number of pyridine rings is 1. The van der Waals surface area contributed by atoms with E-state index < -0.39 is 11.9 Å². The fourth-order valence-corrected chi connectivity index (χ4v) is 3.36. The van der Waals surface area contributed by atoms with Crippen molar-refractivity contribution in [2.24, 2.45) is 0 Å². The number of nitrogens with one attached hydrogen (secondary N) is 2. The van der Waals surface area contributed by atoms with Crippen LogP contribution < -0.4 is 10.7 Å². The minimum absolute atomic E-state index is 0.0000696. The molecule has 0 fully saturated rings. The maximum Gasteiger partial charge on any atom is 0.307 e. The van der Waals surface area contributed by atoms with Crippen molar-refractivity contribution in [2.75, 3.05) is 13.7 Å². The molecule has 3 rings (SSSR count). The summed E-state index contributed by atoms with van der Waals surface area (Å²) in [5, 5.41) is 2.98. The Morgan fingerprint density at radius 3 is 2.64 bits per heavy atom. The van der Waals surface area contributed by atoms with Crippen molar-refractivity contribution in [1.82, 2.24) is 10.3 Å². The normalized spacial score (nSPS) is 10.6. The van der Waals surface area contributed by atoms with Crippen LogP contribution in [-0.4, -0.2) is 30.5 Å². The number of esters is 1. The van der Waals surface area contributed by atoms with Crippen molar-refractivity contribution in [2.45, 2.75) is 12.8 Å². The molecule has 0 aliphatic heterocycles. The van der Waals surface area contributed by atoms with E-state index in [1.165, 1.54) is 13.3 Å². The first kappa shape index (κ1) is 19.8. The minimum Gasteiger partial charge on any atom is -0.469 e. The van der Waals surface area contributed by atoms with Gasteiger partial charge in [-0.25, -0.2) is 0 Å². The number of carbonyl (C=O) groups is 2. The summed E-state index contributed by atoms with van der Waals surface area (Å²) in [6.45, 7) is 0.0999. The summed E-state index contributed by atoms with van der Waals surface area (Å²) >= 11 is 3.53. The molecule has 1 heterocycles. The molecular weight excluding hydrogens is 424 g/mol. The van der Waals surface area contributed by atoms with E-state index in [1.54, 1.807) is 6.07 Å². The number of halogens is 1. The summed E-state index contributed by atoms with van der Waals surface area (Å²) in [5.41, 5.74) is 2.48. The lowest BCUT2D eigenvalue weighted by molar-refractivity contribution is -0.140. The maximum absolute atomic E-state index is 12.8. The molecule has 144 valence electrons. The lowest BCUT2D eigenvalue weighted by Gasteiger charge is -2.09. The zero-order valence-electron chi connectivity index (χ0n) is 15.3. The van der Waals surface area contributed by atoms with E-state index in [4.69, 9.17) is 0 Å². The second-order valence-electron chi connectivity index (χ2n) is 6.27. The number of benzene rings is 2. The molecule has 0 aliphatic rings. The summed E-state index contributed by atoms with van der Waals surface area (Å²) < 4.78 is 5.33. The molecule has 0 spiro atoms. The van der Waals surface area contributed by atoms with Crippen LogP contribution >= 0.6 is 15.9 Å². The van der Waals surface area contributed by atoms with Crippen LogP contribution in [0.15, 0.2) is 57.9 Å². The summed E-state index contributed by atoms with van der Waals surface area (Å²) in [5.74, 6) is -0.959. The highest BCUT2D eigenvalue weighted by atomic mass is 79.9. The third-order valence-corrected chi connectivity index (χ3v) is 5.11. The molecule has 0 saturated heterocycles. The van der Waals surface area contributed by atoms with Crippen molar-refractivity contribution in [3.63, 3.8) is 0 Å². The number of carbonyl (C=O) groups excluding carboxylic acids is 2. The summed E-state index contributed by atoms with van der Waals surface area (Å²) in [7, 11) is 1.28. The molecule has 1 amide bonds. The molecule has 0 unspecified atom stereocenters. The van der Waals surface area contributed by atoms with Crippen LogP contribution in [0.25, 0.3) is 10.9 Å². The quantitative estimate of drug-likeness (QED) is 0.573. The van der Waals surface area contributed by atoms with E-state index in [0.29, 0.717) is 10.9 Å². The van der Waals surface area contributed by atoms with Gasteiger partial charge in [-0.2, -0.15) is 0 Å². The van der Waals surface area contributed by atoms with Crippen LogP contribution in [0.5, 0.6) is 0 Å². The van der Waals surface area contributed by atoms with Crippen molar-refractivity contribution in [3.05, 3.63) is 80.0 Å². The Bertz CT molecular complexity index is 1080. The van der Waals surface area contributed by atoms with Crippen LogP contribution in [-0.2, 0) is 16.0 Å². The van der Waals surface area contributed by atoms with Gasteiger partial charge in [-0.1, -0.05) is 46.3 Å². The molecule has 28 heavy (non-hydrogen) atoms. The first-order chi connectivity index (χ1) is 13.5. The number of amides is 1. The molecule has 0 radical (unpaired) electrons. The lowest BCUT2D eigenvalue weighted by Crippen LogP contribution is -2.30. The van der Waals surface area contributed by atoms with Crippen LogP contribution in [0.1, 0.15) is 27.9 Å². The van der Waals surface area contributed by atoms with Crippen LogP contribution in [0.4, 0.5) is 0 Å². The highest BCUT2D eigenvalue weighted by Gasteiger charge is 2.15. The number of methoxy groups -OCH3 is 1. The van der Waals surface area contributed by atoms with Gasteiger partial charge in [0.05, 0.1) is 13.5 Å². The Morgan fingerprint density at radius 1 is 1.18 bits per heavy atom. The van der Waals surface area contributed by atoms with E-state index in [9.17, 15) is 14.4 Å². The van der Waals surface area contributed by atoms with Crippen molar-refractivity contribution >= 4 is 38.7 Å². The number of rotatable bonds is 6. The fraction of sp³-hybridized carbons (Fsp3) is 0.190. The Labute approximate surface area is 170 Å². The summed E-state index contributed by atoms with van der Waals surface area (Å²) in [6, 6.07) is 13.7. The fourth-order valence-electron chi connectivity index (χ4n) is 2.88. The Balaban J connectivity index is 1.85. The predicted molar refractivity (Wildman–Crippen MR) is 110 cm³/mol. The summed E-state index contributed by atoms with van der Waals surface area (Å²) in [6.07, 6.45) is 2.16. The third-order valence-electron chi connectivity index (χ3n) is 4.37. The monoisotopic (exact) mass is 442 g/mol. The largest absolute Gasteiger partial charge is 0.469 e. The molecule has 7 heteroatoms. The number of ether oxygens (including phenoxy) is 1. The van der Waals surface area contributed by atoms with Gasteiger partial charge in [0, 0.05) is 28.1 Å². The van der Waals surface area contributed by atoms with Gasteiger partial charge in [-0.3, -0.25) is 14.4 Å². The van der Waals surface area contributed by atoms with Gasteiger partial charge >= 0.3 is 5.97 Å². The topological polar surface area (TPSA) is 88.3 Å². The number of hydrogen-bond acceptors (Lipinski definition) is 4. The van der Waals surface area contributed by atoms with Crippen molar-refractivity contribution in [1.29, 1.82) is 0 Å². The Hall–Kier alpha value is -2.93. The molecule has 1 aromatic heterocycles. The number of hydrogen-bond donors (Lipinski definition) is 2. The zero-order chi connectivity index (χ0) is 20.1. The van der Waals surface area contributed by atoms with Gasteiger partial charge in [0.2, 0.25) is 5.43 Å². The van der Waals surface area contributed by atoms with Gasteiger partial charge < -0.3 is 15.0 Å². The third kappa shape index (κ3) is 4.48. The number of aromatic amines is 1. The first-order valence-corrected chi connectivity index (χ1v) is 9.51. The molecule has 2 aromatic carbocycles. The number of aromatic nitrogens is 1. The minimum atomic E-state index is -0.531. The standard InChI is InChI=1S/C21H19BrN2O4/c1-28-19(25)7-8-23-21(27)16-12-24-18-10-14(9-13-5-3-2-4-6-13)17(22)11-15(18)20(16)26/h2-6,10-12H,7-9H2,1H3,(H,23,27)(H,24,26). The highest BCUT2D eigenvalue weighted by Crippen LogP contribution is 2.24. The average molecular weight is 443 g/mol. The van der Waals surface area contributed by atoms with Gasteiger partial charge in [0.1, 0.15) is 5.56 Å². The Kier molecular flexibility index (Phi) is 6.26. The molecule has 0 saturated carbocycles. The van der Waals surface area contributed by atoms with E-state index in [2.05, 4.69) is 31.0 Å². The second-order valence-corrected chi connectivity index (χ2v) is 7.12. The lowest BCUT2D eigenvalue weighted by atomic mass is 10.0. The van der Waals surface area contributed by atoms with Crippen LogP contribution in [0.2, 0.25) is 0 Å². The number of H-pyrrole nitrogens is 1. The van der Waals surface area contributed by atoms with Crippen LogP contribution in [0.3, 0.4) is 0 Å². The van der Waals surface area contributed by atoms with Gasteiger partial charge in [-0.15, -0.1) is 0 Å². The molecule has 2 N–H and O–H groups in total. The molecule has 6 nitrogen and oxygen atoms in total. The molecule has 3 aromatic rings. The van der Waals surface area contributed by atoms with Crippen molar-refractivity contribution < 1.29 is 14.3 Å².